The van der Waals surface area contributed by atoms with Crippen molar-refractivity contribution in [3.63, 3.8) is 0 Å². The van der Waals surface area contributed by atoms with Crippen molar-refractivity contribution in [1.29, 1.82) is 0 Å². The number of aromatic nitrogens is 3. The molecule has 3 aromatic rings. The molecule has 27 heavy (non-hydrogen) atoms. The van der Waals surface area contributed by atoms with Crippen LogP contribution in [-0.4, -0.2) is 26.2 Å². The van der Waals surface area contributed by atoms with Gasteiger partial charge in [0, 0.05) is 16.8 Å². The molecule has 142 valence electrons. The molecule has 0 saturated heterocycles. The zero-order chi connectivity index (χ0) is 19.7. The van der Waals surface area contributed by atoms with E-state index in [9.17, 15) is 9.59 Å². The van der Waals surface area contributed by atoms with Gasteiger partial charge in [-0.2, -0.15) is 0 Å². The summed E-state index contributed by atoms with van der Waals surface area (Å²) in [6, 6.07) is 6.58. The first-order valence-corrected chi connectivity index (χ1v) is 10.00. The van der Waals surface area contributed by atoms with E-state index in [-0.39, 0.29) is 23.3 Å². The largest absolute Gasteiger partial charge is 0.353 e. The lowest BCUT2D eigenvalue weighted by Crippen LogP contribution is -2.25. The first kappa shape index (κ1) is 19.8. The number of benzene rings is 1. The van der Waals surface area contributed by atoms with Gasteiger partial charge >= 0.3 is 0 Å². The summed E-state index contributed by atoms with van der Waals surface area (Å²) in [5.41, 5.74) is 2.22. The fourth-order valence-electron chi connectivity index (χ4n) is 2.66. The molecule has 0 atom stereocenters. The molecule has 2 heterocycles. The molecule has 3 rings (SSSR count). The highest BCUT2D eigenvalue weighted by molar-refractivity contribution is 7.99. The maximum absolute atomic E-state index is 12.8. The Bertz CT molecular complexity index is 1080. The molecule has 0 spiro atoms. The predicted molar refractivity (Wildman–Crippen MR) is 111 cm³/mol. The minimum Gasteiger partial charge on any atom is -0.353 e. The van der Waals surface area contributed by atoms with Crippen molar-refractivity contribution in [2.24, 2.45) is 0 Å². The van der Waals surface area contributed by atoms with Crippen molar-refractivity contribution in [2.45, 2.75) is 32.0 Å². The van der Waals surface area contributed by atoms with E-state index in [1.807, 2.05) is 26.8 Å². The van der Waals surface area contributed by atoms with Gasteiger partial charge in [-0.25, -0.2) is 4.98 Å². The van der Waals surface area contributed by atoms with Crippen LogP contribution in [0.5, 0.6) is 0 Å². The smallest absolute Gasteiger partial charge is 0.278 e. The number of nitrogens with one attached hydrogen (secondary N) is 2. The van der Waals surface area contributed by atoms with E-state index >= 15 is 0 Å². The molecular formula is C18H18Cl2N4O2S. The molecule has 1 amide bonds. The van der Waals surface area contributed by atoms with Gasteiger partial charge < -0.3 is 10.3 Å². The number of H-pyrrole nitrogens is 1. The van der Waals surface area contributed by atoms with Gasteiger partial charge in [0.15, 0.2) is 5.16 Å². The molecule has 6 nitrogen and oxygen atoms in total. The molecule has 2 N–H and O–H groups in total. The van der Waals surface area contributed by atoms with Crippen LogP contribution in [0, 0.1) is 6.92 Å². The first-order valence-electron chi connectivity index (χ1n) is 8.26. The molecule has 2 aromatic heterocycles. The Morgan fingerprint density at radius 2 is 2.07 bits per heavy atom. The van der Waals surface area contributed by atoms with E-state index in [0.29, 0.717) is 31.9 Å². The summed E-state index contributed by atoms with van der Waals surface area (Å²) in [5.74, 6) is -0.184. The Hall–Kier alpha value is -1.96. The average Bonchev–Trinajstić information content (AvgIpc) is 2.96. The fourth-order valence-corrected chi connectivity index (χ4v) is 3.92. The van der Waals surface area contributed by atoms with Crippen molar-refractivity contribution < 1.29 is 4.79 Å². The Balaban J connectivity index is 1.83. The number of hydrogen-bond donors (Lipinski definition) is 2. The lowest BCUT2D eigenvalue weighted by molar-refractivity contribution is -0.113. The number of thioether (sulfide) groups is 1. The summed E-state index contributed by atoms with van der Waals surface area (Å²) in [6.07, 6.45) is 0. The van der Waals surface area contributed by atoms with Crippen LogP contribution in [0.25, 0.3) is 11.0 Å². The van der Waals surface area contributed by atoms with Crippen LogP contribution in [0.1, 0.15) is 25.6 Å². The second-order valence-electron chi connectivity index (χ2n) is 6.34. The van der Waals surface area contributed by atoms with Crippen LogP contribution < -0.4 is 10.9 Å². The SMILES string of the molecule is Cc1cc2nc(SCC(=O)Nc3cc(Cl)ccc3Cl)n(C(C)C)c(=O)c2[nH]1. The van der Waals surface area contributed by atoms with E-state index in [2.05, 4.69) is 15.3 Å². The monoisotopic (exact) mass is 424 g/mol. The minimum absolute atomic E-state index is 0.0803. The second-order valence-corrected chi connectivity index (χ2v) is 8.12. The molecule has 9 heteroatoms. The number of aromatic amines is 1. The van der Waals surface area contributed by atoms with Gasteiger partial charge in [-0.05, 0) is 45.0 Å². The third-order valence-electron chi connectivity index (χ3n) is 3.84. The van der Waals surface area contributed by atoms with E-state index in [1.165, 1.54) is 11.8 Å². The van der Waals surface area contributed by atoms with Gasteiger partial charge in [-0.15, -0.1) is 0 Å². The van der Waals surface area contributed by atoms with Crippen LogP contribution in [0.4, 0.5) is 5.69 Å². The maximum Gasteiger partial charge on any atom is 0.278 e. The quantitative estimate of drug-likeness (QED) is 0.461. The number of amides is 1. The lowest BCUT2D eigenvalue weighted by Gasteiger charge is -2.15. The summed E-state index contributed by atoms with van der Waals surface area (Å²) in [7, 11) is 0. The summed E-state index contributed by atoms with van der Waals surface area (Å²) < 4.78 is 1.59. The number of nitrogens with zero attached hydrogens (tertiary/aromatic N) is 2. The molecule has 0 bridgehead atoms. The van der Waals surface area contributed by atoms with E-state index < -0.39 is 0 Å². The number of carbonyl (C=O) groups excluding carboxylic acids is 1. The molecular weight excluding hydrogens is 407 g/mol. The Kier molecular flexibility index (Phi) is 5.83. The molecule has 0 aliphatic heterocycles. The lowest BCUT2D eigenvalue weighted by atomic mass is 10.3. The molecule has 1 aromatic carbocycles. The van der Waals surface area contributed by atoms with Crippen molar-refractivity contribution in [3.8, 4) is 0 Å². The summed E-state index contributed by atoms with van der Waals surface area (Å²) >= 11 is 13.2. The molecule has 0 saturated carbocycles. The van der Waals surface area contributed by atoms with Crippen molar-refractivity contribution in [3.05, 3.63) is 50.4 Å². The molecule has 0 aliphatic rings. The van der Waals surface area contributed by atoms with Gasteiger partial charge in [0.2, 0.25) is 5.91 Å². The highest BCUT2D eigenvalue weighted by Gasteiger charge is 2.17. The zero-order valence-corrected chi connectivity index (χ0v) is 17.3. The Labute approximate surface area is 170 Å². The van der Waals surface area contributed by atoms with Crippen LogP contribution >= 0.6 is 35.0 Å². The molecule has 0 fully saturated rings. The highest BCUT2D eigenvalue weighted by Crippen LogP contribution is 2.26. The predicted octanol–water partition coefficient (Wildman–Crippen LogP) is 4.65. The Morgan fingerprint density at radius 1 is 1.33 bits per heavy atom. The number of anilines is 1. The van der Waals surface area contributed by atoms with Crippen LogP contribution in [0.2, 0.25) is 10.0 Å². The summed E-state index contributed by atoms with van der Waals surface area (Å²) in [5, 5.41) is 4.10. The molecule has 0 radical (unpaired) electrons. The number of halogens is 2. The van der Waals surface area contributed by atoms with Gasteiger partial charge in [0.1, 0.15) is 5.52 Å². The van der Waals surface area contributed by atoms with Gasteiger partial charge in [0.25, 0.3) is 5.56 Å². The van der Waals surface area contributed by atoms with E-state index in [4.69, 9.17) is 23.2 Å². The summed E-state index contributed by atoms with van der Waals surface area (Å²) in [4.78, 5) is 32.7. The van der Waals surface area contributed by atoms with Gasteiger partial charge in [-0.1, -0.05) is 35.0 Å². The number of hydrogen-bond acceptors (Lipinski definition) is 4. The van der Waals surface area contributed by atoms with Crippen LogP contribution in [-0.2, 0) is 4.79 Å². The number of rotatable bonds is 5. The molecule has 0 aliphatic carbocycles. The molecule has 0 unspecified atom stereocenters. The highest BCUT2D eigenvalue weighted by atomic mass is 35.5. The van der Waals surface area contributed by atoms with Gasteiger partial charge in [-0.3, -0.25) is 14.2 Å². The van der Waals surface area contributed by atoms with Gasteiger partial charge in [0.05, 0.1) is 22.0 Å². The van der Waals surface area contributed by atoms with Crippen molar-refractivity contribution in [2.75, 3.05) is 11.1 Å². The topological polar surface area (TPSA) is 79.8 Å². The van der Waals surface area contributed by atoms with Crippen LogP contribution in [0.15, 0.2) is 34.2 Å². The first-order chi connectivity index (χ1) is 12.8. The number of aryl methyl sites for hydroxylation is 1. The van der Waals surface area contributed by atoms with Crippen molar-refractivity contribution in [1.82, 2.24) is 14.5 Å². The second kappa shape index (κ2) is 7.96. The zero-order valence-electron chi connectivity index (χ0n) is 15.0. The number of carbonyl (C=O) groups is 1. The van der Waals surface area contributed by atoms with Crippen molar-refractivity contribution >= 4 is 57.6 Å². The number of fused-ring (bicyclic) bond motifs is 1. The normalized spacial score (nSPS) is 11.3. The Morgan fingerprint density at radius 3 is 2.78 bits per heavy atom. The average molecular weight is 425 g/mol. The third-order valence-corrected chi connectivity index (χ3v) is 5.36. The minimum atomic E-state index is -0.265. The van der Waals surface area contributed by atoms with E-state index in [1.54, 1.807) is 22.8 Å². The fraction of sp³-hybridized carbons (Fsp3) is 0.278. The third kappa shape index (κ3) is 4.31. The summed E-state index contributed by atoms with van der Waals surface area (Å²) in [6.45, 7) is 5.68. The standard InChI is InChI=1S/C18H18Cl2N4O2S/c1-9(2)24-17(26)16-14(6-10(3)21-16)23-18(24)27-8-15(25)22-13-7-11(19)4-5-12(13)20/h4-7,9,21H,8H2,1-3H3,(H,22,25). The maximum atomic E-state index is 12.8. The van der Waals surface area contributed by atoms with E-state index in [0.717, 1.165) is 5.69 Å². The van der Waals surface area contributed by atoms with Crippen LogP contribution in [0.3, 0.4) is 0 Å².